The monoisotopic (exact) mass is 467 g/mol. The van der Waals surface area contributed by atoms with Crippen molar-refractivity contribution in [1.29, 1.82) is 0 Å². The van der Waals surface area contributed by atoms with Gasteiger partial charge in [-0.05, 0) is 49.4 Å². The number of halogens is 2. The van der Waals surface area contributed by atoms with Gasteiger partial charge in [0.15, 0.2) is 0 Å². The molecule has 3 aromatic rings. The van der Waals surface area contributed by atoms with Gasteiger partial charge in [-0.25, -0.2) is 13.1 Å². The van der Waals surface area contributed by atoms with E-state index in [4.69, 9.17) is 32.7 Å². The Bertz CT molecular complexity index is 1090. The molecule has 0 aliphatic carbocycles. The van der Waals surface area contributed by atoms with E-state index < -0.39 is 10.0 Å². The summed E-state index contributed by atoms with van der Waals surface area (Å²) in [7, 11) is -3.81. The Balaban J connectivity index is 1.53. The Hall–Kier alpha value is -2.39. The van der Waals surface area contributed by atoms with Crippen LogP contribution in [-0.2, 0) is 10.0 Å². The van der Waals surface area contributed by atoms with Crippen molar-refractivity contribution >= 4 is 33.2 Å². The smallest absolute Gasteiger partial charge is 0.242 e. The lowest BCUT2D eigenvalue weighted by atomic mass is 10.1. The van der Waals surface area contributed by atoms with E-state index in [1.165, 1.54) is 18.2 Å². The minimum atomic E-state index is -3.81. The van der Waals surface area contributed by atoms with E-state index in [1.54, 1.807) is 12.1 Å². The zero-order valence-electron chi connectivity index (χ0n) is 16.0. The van der Waals surface area contributed by atoms with Crippen molar-refractivity contribution in [3.05, 3.63) is 64.6 Å². The molecule has 0 aliphatic rings. The molecule has 1 N–H and O–H groups in total. The summed E-state index contributed by atoms with van der Waals surface area (Å²) in [5, 5.41) is 8.29. The summed E-state index contributed by atoms with van der Waals surface area (Å²) in [5.41, 5.74) is 1.57. The number of hydrogen-bond donors (Lipinski definition) is 1. The first-order valence-corrected chi connectivity index (χ1v) is 11.3. The number of aromatic nitrogens is 2. The summed E-state index contributed by atoms with van der Waals surface area (Å²) in [6.07, 6.45) is 0. The van der Waals surface area contributed by atoms with Crippen molar-refractivity contribution in [3.8, 4) is 22.9 Å². The fraction of sp³-hybridized carbons (Fsp3) is 0.200. The molecule has 3 rings (SSSR count). The maximum absolute atomic E-state index is 12.3. The highest BCUT2D eigenvalue weighted by atomic mass is 35.5. The second-order valence-electron chi connectivity index (χ2n) is 6.01. The van der Waals surface area contributed by atoms with Gasteiger partial charge in [0.2, 0.25) is 15.9 Å². The molecule has 0 fully saturated rings. The van der Waals surface area contributed by atoms with Crippen molar-refractivity contribution in [1.82, 2.24) is 14.9 Å². The molecule has 1 aromatic heterocycles. The second-order valence-corrected chi connectivity index (χ2v) is 8.53. The third kappa shape index (κ3) is 5.60. The summed E-state index contributed by atoms with van der Waals surface area (Å²) in [6, 6.07) is 15.4. The van der Waals surface area contributed by atoms with Gasteiger partial charge < -0.3 is 9.47 Å². The number of rotatable bonds is 9. The second kappa shape index (κ2) is 10.1. The van der Waals surface area contributed by atoms with E-state index in [2.05, 4.69) is 14.9 Å². The topological polar surface area (TPSA) is 90.4 Å². The van der Waals surface area contributed by atoms with Crippen LogP contribution < -0.4 is 14.2 Å². The molecule has 0 aliphatic heterocycles. The fourth-order valence-corrected chi connectivity index (χ4v) is 4.31. The Labute approximate surface area is 185 Å². The van der Waals surface area contributed by atoms with Crippen LogP contribution in [0.25, 0.3) is 11.3 Å². The van der Waals surface area contributed by atoms with Crippen LogP contribution in [0.2, 0.25) is 10.0 Å². The zero-order valence-corrected chi connectivity index (χ0v) is 18.3. The van der Waals surface area contributed by atoms with Gasteiger partial charge in [0, 0.05) is 18.2 Å². The summed E-state index contributed by atoms with van der Waals surface area (Å²) in [6.45, 7) is 2.62. The first-order valence-electron chi connectivity index (χ1n) is 9.04. The van der Waals surface area contributed by atoms with E-state index in [9.17, 15) is 8.42 Å². The largest absolute Gasteiger partial charge is 0.494 e. The lowest BCUT2D eigenvalue weighted by molar-refractivity contribution is 0.307. The number of hydrogen-bond acceptors (Lipinski definition) is 6. The third-order valence-electron chi connectivity index (χ3n) is 3.95. The third-order valence-corrected chi connectivity index (χ3v) is 6.39. The van der Waals surface area contributed by atoms with Crippen LogP contribution in [0, 0.1) is 0 Å². The molecule has 0 amide bonds. The molecule has 158 valence electrons. The Morgan fingerprint density at radius 1 is 0.967 bits per heavy atom. The molecule has 0 unspecified atom stereocenters. The van der Waals surface area contributed by atoms with E-state index in [0.29, 0.717) is 12.3 Å². The molecular weight excluding hydrogens is 449 g/mol. The molecule has 0 atom stereocenters. The molecule has 7 nitrogen and oxygen atoms in total. The van der Waals surface area contributed by atoms with Crippen LogP contribution >= 0.6 is 23.2 Å². The Morgan fingerprint density at radius 3 is 2.40 bits per heavy atom. The van der Waals surface area contributed by atoms with E-state index in [1.807, 2.05) is 31.2 Å². The molecule has 10 heteroatoms. The van der Waals surface area contributed by atoms with Gasteiger partial charge >= 0.3 is 0 Å². The average molecular weight is 468 g/mol. The molecule has 2 aromatic carbocycles. The predicted molar refractivity (Wildman–Crippen MR) is 116 cm³/mol. The van der Waals surface area contributed by atoms with E-state index in [0.717, 1.165) is 11.3 Å². The lowest BCUT2D eigenvalue weighted by Gasteiger charge is -2.10. The zero-order chi connectivity index (χ0) is 21.6. The highest BCUT2D eigenvalue weighted by Crippen LogP contribution is 2.28. The normalized spacial score (nSPS) is 11.3. The van der Waals surface area contributed by atoms with E-state index >= 15 is 0 Å². The molecular formula is C20H19Cl2N3O4S. The Morgan fingerprint density at radius 2 is 1.73 bits per heavy atom. The number of nitrogens with one attached hydrogen (secondary N) is 1. The summed E-state index contributed by atoms with van der Waals surface area (Å²) < 4.78 is 38.0. The highest BCUT2D eigenvalue weighted by molar-refractivity contribution is 7.89. The molecule has 0 radical (unpaired) electrons. The number of benzene rings is 2. The van der Waals surface area contributed by atoms with Crippen molar-refractivity contribution < 1.29 is 17.9 Å². The first kappa shape index (κ1) is 22.3. The summed E-state index contributed by atoms with van der Waals surface area (Å²) >= 11 is 11.8. The van der Waals surface area contributed by atoms with Crippen LogP contribution in [0.4, 0.5) is 0 Å². The van der Waals surface area contributed by atoms with Crippen LogP contribution in [0.5, 0.6) is 11.6 Å². The standard InChI is InChI=1S/C20H19Cl2N3O4S/c1-2-28-15-8-6-14(7-9-15)17-10-11-19(25-24-17)29-13-12-23-30(26,27)18-5-3-4-16(21)20(18)22/h3-11,23H,2,12-13H2,1H3. The van der Waals surface area contributed by atoms with Gasteiger partial charge in [0.1, 0.15) is 17.3 Å². The predicted octanol–water partition coefficient (Wildman–Crippen LogP) is 4.21. The van der Waals surface area contributed by atoms with Crippen LogP contribution in [0.15, 0.2) is 59.5 Å². The van der Waals surface area contributed by atoms with Gasteiger partial charge in [-0.15, -0.1) is 10.2 Å². The first-order chi connectivity index (χ1) is 14.4. The minimum absolute atomic E-state index is 0.0213. The maximum atomic E-state index is 12.3. The maximum Gasteiger partial charge on any atom is 0.242 e. The van der Waals surface area contributed by atoms with Gasteiger partial charge in [-0.3, -0.25) is 0 Å². The van der Waals surface area contributed by atoms with Crippen molar-refractivity contribution in [2.75, 3.05) is 19.8 Å². The van der Waals surface area contributed by atoms with Crippen LogP contribution in [-0.4, -0.2) is 38.4 Å². The van der Waals surface area contributed by atoms with Gasteiger partial charge in [-0.2, -0.15) is 0 Å². The number of nitrogens with zero attached hydrogens (tertiary/aromatic N) is 2. The molecule has 30 heavy (non-hydrogen) atoms. The highest BCUT2D eigenvalue weighted by Gasteiger charge is 2.19. The van der Waals surface area contributed by atoms with Crippen LogP contribution in [0.3, 0.4) is 0 Å². The van der Waals surface area contributed by atoms with Crippen LogP contribution in [0.1, 0.15) is 6.92 Å². The molecule has 0 saturated carbocycles. The van der Waals surface area contributed by atoms with Crippen molar-refractivity contribution in [2.45, 2.75) is 11.8 Å². The quantitative estimate of drug-likeness (QED) is 0.474. The van der Waals surface area contributed by atoms with Crippen molar-refractivity contribution in [3.63, 3.8) is 0 Å². The SMILES string of the molecule is CCOc1ccc(-c2ccc(OCCNS(=O)(=O)c3cccc(Cl)c3Cl)nn2)cc1. The van der Waals surface area contributed by atoms with Crippen molar-refractivity contribution in [2.24, 2.45) is 0 Å². The summed E-state index contributed by atoms with van der Waals surface area (Å²) in [5.74, 6) is 1.07. The van der Waals surface area contributed by atoms with Gasteiger partial charge in [-0.1, -0.05) is 29.3 Å². The van der Waals surface area contributed by atoms with E-state index in [-0.39, 0.29) is 34.0 Å². The Kier molecular flexibility index (Phi) is 7.49. The molecule has 0 spiro atoms. The number of sulfonamides is 1. The lowest BCUT2D eigenvalue weighted by Crippen LogP contribution is -2.28. The number of ether oxygens (including phenoxy) is 2. The summed E-state index contributed by atoms with van der Waals surface area (Å²) in [4.78, 5) is -0.0869. The molecule has 0 bridgehead atoms. The minimum Gasteiger partial charge on any atom is -0.494 e. The van der Waals surface area contributed by atoms with Gasteiger partial charge in [0.05, 0.1) is 22.3 Å². The molecule has 1 heterocycles. The van der Waals surface area contributed by atoms with Gasteiger partial charge in [0.25, 0.3) is 0 Å². The molecule has 0 saturated heterocycles. The fourth-order valence-electron chi connectivity index (χ4n) is 2.54. The average Bonchev–Trinajstić information content (AvgIpc) is 2.74.